The fraction of sp³-hybridized carbons (Fsp3) is 0.562. The second kappa shape index (κ2) is 10.5. The van der Waals surface area contributed by atoms with Crippen LogP contribution in [-0.2, 0) is 20.4 Å². The van der Waals surface area contributed by atoms with Crippen LogP contribution < -0.4 is 10.1 Å². The lowest BCUT2D eigenvalue weighted by molar-refractivity contribution is -0.115. The second-order valence-electron chi connectivity index (χ2n) is 4.60. The topological polar surface area (TPSA) is 67.8 Å². The molecule has 0 saturated carbocycles. The zero-order chi connectivity index (χ0) is 20.9. The lowest BCUT2D eigenvalue weighted by Gasteiger charge is -2.12. The lowest BCUT2D eigenvalue weighted by atomic mass is 10.3. The van der Waals surface area contributed by atoms with Gasteiger partial charge in [-0.25, -0.2) is 0 Å². The molecule has 0 aliphatic heterocycles. The Morgan fingerprint density at radius 1 is 1.41 bits per heavy atom. The fourth-order valence-corrected chi connectivity index (χ4v) is 1.99. The molecule has 2 N–H and O–H groups in total. The average molecular weight is 333 g/mol. The van der Waals surface area contributed by atoms with E-state index in [0.717, 1.165) is 5.75 Å². The minimum Gasteiger partial charge on any atom is -0.491 e. The van der Waals surface area contributed by atoms with Gasteiger partial charge in [0.25, 0.3) is 0 Å². The average Bonchev–Trinajstić information content (AvgIpc) is 2.54. The number of amides is 1. The van der Waals surface area contributed by atoms with E-state index in [4.69, 9.17) is 11.6 Å². The van der Waals surface area contributed by atoms with Crippen molar-refractivity contribution in [2.24, 2.45) is 0 Å². The number of hydrogen-bond acceptors (Lipinski definition) is 4. The molecule has 1 unspecified atom stereocenters. The van der Waals surface area contributed by atoms with E-state index >= 15 is 0 Å². The summed E-state index contributed by atoms with van der Waals surface area (Å²) in [5.74, 6) is 0.613. The van der Waals surface area contributed by atoms with Gasteiger partial charge in [-0.05, 0) is 42.1 Å². The van der Waals surface area contributed by atoms with Crippen LogP contribution >= 0.6 is 0 Å². The molecule has 0 aliphatic carbocycles. The van der Waals surface area contributed by atoms with E-state index in [9.17, 15) is 9.90 Å². The van der Waals surface area contributed by atoms with Crippen LogP contribution in [0.2, 0.25) is 0 Å². The van der Waals surface area contributed by atoms with Crippen LogP contribution in [0, 0.1) is 0 Å². The maximum Gasteiger partial charge on any atom is 0.229 e. The first kappa shape index (κ1) is 12.2. The molecule has 1 amide bonds. The minimum atomic E-state index is -3.32. The molecule has 1 rings (SSSR count). The van der Waals surface area contributed by atoms with Gasteiger partial charge < -0.3 is 19.9 Å². The number of nitrogens with one attached hydrogen (secondary N) is 1. The number of carbonyl (C=O) groups is 1. The van der Waals surface area contributed by atoms with Crippen molar-refractivity contribution in [1.82, 2.24) is 0 Å². The van der Waals surface area contributed by atoms with Gasteiger partial charge in [0.2, 0.25) is 5.91 Å². The molecule has 6 heteroatoms. The summed E-state index contributed by atoms with van der Waals surface area (Å²) in [4.78, 5) is 11.8. The number of benzene rings is 1. The molecule has 0 fully saturated rings. The first-order chi connectivity index (χ1) is 12.3. The van der Waals surface area contributed by atoms with Gasteiger partial charge in [0.1, 0.15) is 24.1 Å². The number of aliphatic hydroxyl groups is 1. The SMILES string of the molecule is [2H]C([2H])(OCC)C([2H])(O)C([2H])([2H])Oc1ccc(NC(=O)CC[S+](C)C)cc1. The lowest BCUT2D eigenvalue weighted by Crippen LogP contribution is -2.23. The van der Waals surface area contributed by atoms with E-state index in [1.54, 1.807) is 0 Å². The smallest absolute Gasteiger partial charge is 0.229 e. The highest BCUT2D eigenvalue weighted by molar-refractivity contribution is 7.95. The highest BCUT2D eigenvalue weighted by atomic mass is 32.2. The van der Waals surface area contributed by atoms with Crippen LogP contribution in [0.25, 0.3) is 0 Å². The van der Waals surface area contributed by atoms with Gasteiger partial charge >= 0.3 is 0 Å². The zero-order valence-corrected chi connectivity index (χ0v) is 13.8. The Bertz CT molecular complexity index is 626. The van der Waals surface area contributed by atoms with Crippen LogP contribution in [-0.4, -0.2) is 55.1 Å². The normalized spacial score (nSPS) is 18.3. The van der Waals surface area contributed by atoms with Crippen LogP contribution in [0.4, 0.5) is 5.69 Å². The molecule has 1 aromatic rings. The Kier molecular flexibility index (Phi) is 5.82. The zero-order valence-electron chi connectivity index (χ0n) is 18.0. The third-order valence-electron chi connectivity index (χ3n) is 2.45. The van der Waals surface area contributed by atoms with Gasteiger partial charge in [-0.3, -0.25) is 4.79 Å². The van der Waals surface area contributed by atoms with Crippen molar-refractivity contribution in [3.63, 3.8) is 0 Å². The van der Waals surface area contributed by atoms with Crippen LogP contribution in [0.5, 0.6) is 5.75 Å². The molecule has 22 heavy (non-hydrogen) atoms. The summed E-state index contributed by atoms with van der Waals surface area (Å²) in [7, 11) is 0.168. The summed E-state index contributed by atoms with van der Waals surface area (Å²) in [6, 6.07) is 5.68. The van der Waals surface area contributed by atoms with Crippen molar-refractivity contribution in [3.05, 3.63) is 24.3 Å². The predicted octanol–water partition coefficient (Wildman–Crippen LogP) is 1.67. The Morgan fingerprint density at radius 2 is 2.09 bits per heavy atom. The molecule has 1 atom stereocenters. The van der Waals surface area contributed by atoms with Crippen LogP contribution in [0.1, 0.15) is 20.2 Å². The van der Waals surface area contributed by atoms with E-state index in [1.807, 2.05) is 0 Å². The second-order valence-corrected chi connectivity index (χ2v) is 6.98. The number of hydrogen-bond donors (Lipinski definition) is 2. The monoisotopic (exact) mass is 333 g/mol. The van der Waals surface area contributed by atoms with Gasteiger partial charge in [-0.2, -0.15) is 0 Å². The molecule has 0 heterocycles. The minimum absolute atomic E-state index is 0.0420. The summed E-state index contributed by atoms with van der Waals surface area (Å²) < 4.78 is 48.1. The number of carbonyl (C=O) groups excluding carboxylic acids is 1. The van der Waals surface area contributed by atoms with E-state index in [-0.39, 0.29) is 29.2 Å². The molecule has 0 saturated heterocycles. The summed E-state index contributed by atoms with van der Waals surface area (Å²) in [6.07, 6.45) is 1.18. The van der Waals surface area contributed by atoms with Gasteiger partial charge in [-0.15, -0.1) is 0 Å². The summed E-state index contributed by atoms with van der Waals surface area (Å²) in [5, 5.41) is 12.8. The Balaban J connectivity index is 2.80. The molecule has 1 aromatic carbocycles. The van der Waals surface area contributed by atoms with E-state index in [2.05, 4.69) is 22.6 Å². The molecule has 0 aromatic heterocycles. The van der Waals surface area contributed by atoms with Crippen molar-refractivity contribution >= 4 is 22.5 Å². The molecule has 0 radical (unpaired) electrons. The van der Waals surface area contributed by atoms with Crippen molar-refractivity contribution in [2.45, 2.75) is 19.4 Å². The van der Waals surface area contributed by atoms with Crippen molar-refractivity contribution < 1.29 is 26.2 Å². The Hall–Kier alpha value is -1.24. The number of ether oxygens (including phenoxy) is 2. The largest absolute Gasteiger partial charge is 0.491 e. The molecule has 0 aliphatic rings. The maximum absolute atomic E-state index is 11.8. The van der Waals surface area contributed by atoms with Crippen LogP contribution in [0.15, 0.2) is 24.3 Å². The molecule has 0 spiro atoms. The Labute approximate surface area is 142 Å². The first-order valence-electron chi connectivity index (χ1n) is 9.32. The number of anilines is 1. The third-order valence-corrected chi connectivity index (χ3v) is 3.47. The first-order valence-corrected chi connectivity index (χ1v) is 9.03. The summed E-state index contributed by atoms with van der Waals surface area (Å²) >= 11 is 0. The molecular weight excluding hydrogens is 302 g/mol. The third kappa shape index (κ3) is 8.26. The van der Waals surface area contributed by atoms with Gasteiger partial charge in [0.05, 0.1) is 32.3 Å². The Morgan fingerprint density at radius 3 is 2.68 bits per heavy atom. The quantitative estimate of drug-likeness (QED) is 0.639. The highest BCUT2D eigenvalue weighted by Gasteiger charge is 2.09. The van der Waals surface area contributed by atoms with Crippen molar-refractivity contribution in [2.75, 3.05) is 43.3 Å². The highest BCUT2D eigenvalue weighted by Crippen LogP contribution is 2.16. The number of rotatable bonds is 10. The van der Waals surface area contributed by atoms with E-state index in [0.29, 0.717) is 12.1 Å². The maximum atomic E-state index is 11.8. The van der Waals surface area contributed by atoms with Crippen LogP contribution in [0.3, 0.4) is 0 Å². The van der Waals surface area contributed by atoms with Crippen molar-refractivity contribution in [1.29, 1.82) is 0 Å². The van der Waals surface area contributed by atoms with Gasteiger partial charge in [-0.1, -0.05) is 0 Å². The molecule has 5 nitrogen and oxygen atoms in total. The predicted molar refractivity (Wildman–Crippen MR) is 91.8 cm³/mol. The van der Waals surface area contributed by atoms with E-state index < -0.39 is 19.2 Å². The molecular formula is C16H26NO4S+. The summed E-state index contributed by atoms with van der Waals surface area (Å²) in [6.45, 7) is -4.79. The van der Waals surface area contributed by atoms with E-state index in [1.165, 1.54) is 31.2 Å². The summed E-state index contributed by atoms with van der Waals surface area (Å²) in [5.41, 5.74) is 0.491. The standard InChI is InChI=1S/C16H25NO4S/c1-4-20-11-14(18)12-21-15-7-5-13(6-8-15)17-16(19)9-10-22(2)3/h5-8,14,18H,4,9-12H2,1-3H3/p+1/i11D2,12D2,14D. The fourth-order valence-electron chi connectivity index (χ4n) is 1.40. The van der Waals surface area contributed by atoms with Crippen molar-refractivity contribution in [3.8, 4) is 5.75 Å². The molecule has 0 bridgehead atoms. The van der Waals surface area contributed by atoms with Gasteiger partial charge in [0, 0.05) is 12.3 Å². The van der Waals surface area contributed by atoms with Gasteiger partial charge in [0.15, 0.2) is 0 Å². The molecule has 124 valence electrons.